The van der Waals surface area contributed by atoms with Crippen molar-refractivity contribution in [2.24, 2.45) is 5.73 Å². The summed E-state index contributed by atoms with van der Waals surface area (Å²) in [6, 6.07) is 0. The van der Waals surface area contributed by atoms with Crippen LogP contribution in [0, 0.1) is 0 Å². The van der Waals surface area contributed by atoms with Crippen molar-refractivity contribution in [2.45, 2.75) is 0 Å². The molecule has 0 unspecified atom stereocenters. The van der Waals surface area contributed by atoms with Crippen LogP contribution < -0.4 is 16.4 Å². The van der Waals surface area contributed by atoms with Gasteiger partial charge >= 0.3 is 0 Å². The minimum atomic E-state index is 0.385. The summed E-state index contributed by atoms with van der Waals surface area (Å²) in [5.74, 6) is 0. The van der Waals surface area contributed by atoms with Crippen LogP contribution in [0.1, 0.15) is 0 Å². The van der Waals surface area contributed by atoms with Crippen molar-refractivity contribution in [1.29, 1.82) is 0 Å². The van der Waals surface area contributed by atoms with E-state index in [9.17, 15) is 0 Å². The third kappa shape index (κ3) is 4.18. The second kappa shape index (κ2) is 7.18. The minimum absolute atomic E-state index is 0.385. The lowest BCUT2D eigenvalue weighted by atomic mass is 10.2. The first kappa shape index (κ1) is 11.5. The molecule has 0 aliphatic rings. The predicted molar refractivity (Wildman–Crippen MR) is 57.8 cm³/mol. The highest BCUT2D eigenvalue weighted by Crippen LogP contribution is 2.02. The molecule has 0 saturated carbocycles. The molecule has 0 bridgehead atoms. The molecule has 13 heavy (non-hydrogen) atoms. The van der Waals surface area contributed by atoms with Gasteiger partial charge in [0.1, 0.15) is 0 Å². The quantitative estimate of drug-likeness (QED) is 0.418. The van der Waals surface area contributed by atoms with E-state index in [0.29, 0.717) is 6.67 Å². The number of nitrogens with one attached hydrogen (secondary N) is 2. The molecule has 0 radical (unpaired) electrons. The summed E-state index contributed by atoms with van der Waals surface area (Å²) in [7, 11) is 1.84. The molecule has 0 aliphatic heterocycles. The van der Waals surface area contributed by atoms with Crippen LogP contribution in [0.2, 0.25) is 0 Å². The first-order chi connectivity index (χ1) is 6.29. The molecule has 72 valence electrons. The molecule has 3 nitrogen and oxygen atoms in total. The first-order valence-electron chi connectivity index (χ1n) is 4.07. The minimum Gasteiger partial charge on any atom is -0.386 e. The highest BCUT2D eigenvalue weighted by molar-refractivity contribution is 5.32. The van der Waals surface area contributed by atoms with E-state index < -0.39 is 0 Å². The molecule has 0 rings (SSSR count). The smallest absolute Gasteiger partial charge is 0.0628 e. The van der Waals surface area contributed by atoms with Gasteiger partial charge in [0.05, 0.1) is 18.1 Å². The Morgan fingerprint density at radius 3 is 2.15 bits per heavy atom. The van der Waals surface area contributed by atoms with E-state index in [1.807, 2.05) is 19.2 Å². The van der Waals surface area contributed by atoms with Gasteiger partial charge in [-0.05, 0) is 12.2 Å². The molecule has 0 fully saturated rings. The lowest BCUT2D eigenvalue weighted by Gasteiger charge is -2.11. The van der Waals surface area contributed by atoms with Crippen LogP contribution in [0.3, 0.4) is 0 Å². The van der Waals surface area contributed by atoms with Gasteiger partial charge in [0.25, 0.3) is 0 Å². The maximum Gasteiger partial charge on any atom is 0.0628 e. The van der Waals surface area contributed by atoms with Gasteiger partial charge in [-0.2, -0.15) is 0 Å². The molecule has 0 aromatic rings. The van der Waals surface area contributed by atoms with E-state index in [2.05, 4.69) is 23.8 Å². The molecule has 4 N–H and O–H groups in total. The zero-order chi connectivity index (χ0) is 10.1. The van der Waals surface area contributed by atoms with Gasteiger partial charge in [0, 0.05) is 7.05 Å². The number of nitrogens with two attached hydrogens (primary N) is 1. The van der Waals surface area contributed by atoms with Gasteiger partial charge in [0.2, 0.25) is 0 Å². The van der Waals surface area contributed by atoms with Crippen molar-refractivity contribution < 1.29 is 0 Å². The van der Waals surface area contributed by atoms with Crippen molar-refractivity contribution in [1.82, 2.24) is 10.6 Å². The van der Waals surface area contributed by atoms with Crippen molar-refractivity contribution in [3.05, 3.63) is 48.9 Å². The summed E-state index contributed by atoms with van der Waals surface area (Å²) in [6.45, 7) is 7.63. The second-order valence-electron chi connectivity index (χ2n) is 2.26. The Morgan fingerprint density at radius 1 is 1.23 bits per heavy atom. The third-order valence-electron chi connectivity index (χ3n) is 1.42. The zero-order valence-electron chi connectivity index (χ0n) is 8.01. The summed E-state index contributed by atoms with van der Waals surface area (Å²) < 4.78 is 0. The van der Waals surface area contributed by atoms with E-state index >= 15 is 0 Å². The van der Waals surface area contributed by atoms with Gasteiger partial charge in [-0.1, -0.05) is 25.3 Å². The van der Waals surface area contributed by atoms with Crippen LogP contribution in [0.4, 0.5) is 0 Å². The summed E-state index contributed by atoms with van der Waals surface area (Å²) in [6.07, 6.45) is 7.11. The fourth-order valence-electron chi connectivity index (χ4n) is 0.897. The maximum absolute atomic E-state index is 5.38. The average molecular weight is 179 g/mol. The zero-order valence-corrected chi connectivity index (χ0v) is 8.01. The molecule has 0 aliphatic carbocycles. The normalized spacial score (nSPS) is 12.2. The van der Waals surface area contributed by atoms with E-state index in [1.54, 1.807) is 12.2 Å². The van der Waals surface area contributed by atoms with Crippen LogP contribution >= 0.6 is 0 Å². The largest absolute Gasteiger partial charge is 0.386 e. The maximum atomic E-state index is 5.38. The first-order valence-corrected chi connectivity index (χ1v) is 4.07. The second-order valence-corrected chi connectivity index (χ2v) is 2.26. The van der Waals surface area contributed by atoms with Crippen LogP contribution in [0.15, 0.2) is 48.9 Å². The van der Waals surface area contributed by atoms with Crippen molar-refractivity contribution >= 4 is 0 Å². The molecule has 3 heteroatoms. The Morgan fingerprint density at radius 2 is 1.77 bits per heavy atom. The summed E-state index contributed by atoms with van der Waals surface area (Å²) in [5.41, 5.74) is 7.21. The summed E-state index contributed by atoms with van der Waals surface area (Å²) in [5, 5.41) is 6.04. The molecule has 0 heterocycles. The Balaban J connectivity index is 4.68. The lowest BCUT2D eigenvalue weighted by molar-refractivity contribution is 0.806. The fourth-order valence-corrected chi connectivity index (χ4v) is 0.897. The van der Waals surface area contributed by atoms with Gasteiger partial charge < -0.3 is 16.4 Å². The van der Waals surface area contributed by atoms with E-state index in [0.717, 1.165) is 11.4 Å². The highest BCUT2D eigenvalue weighted by atomic mass is 15.0. The Bertz CT molecular complexity index is 226. The number of allylic oxidation sites excluding steroid dienone is 4. The Kier molecular flexibility index (Phi) is 6.37. The van der Waals surface area contributed by atoms with Gasteiger partial charge in [-0.25, -0.2) is 0 Å². The van der Waals surface area contributed by atoms with Gasteiger partial charge in [-0.3, -0.25) is 0 Å². The molecular weight excluding hydrogens is 162 g/mol. The molecule has 0 aromatic heterocycles. The highest BCUT2D eigenvalue weighted by Gasteiger charge is 1.98. The van der Waals surface area contributed by atoms with Crippen molar-refractivity contribution in [3.8, 4) is 0 Å². The van der Waals surface area contributed by atoms with Gasteiger partial charge in [-0.15, -0.1) is 0 Å². The molecule has 0 atom stereocenters. The lowest BCUT2D eigenvalue weighted by Crippen LogP contribution is -2.26. The van der Waals surface area contributed by atoms with Crippen molar-refractivity contribution in [3.63, 3.8) is 0 Å². The number of hydrogen-bond acceptors (Lipinski definition) is 3. The Labute approximate surface area is 79.7 Å². The summed E-state index contributed by atoms with van der Waals surface area (Å²) >= 11 is 0. The van der Waals surface area contributed by atoms with E-state index in [4.69, 9.17) is 5.73 Å². The molecule has 0 amide bonds. The van der Waals surface area contributed by atoms with Crippen LogP contribution in [0.25, 0.3) is 0 Å². The Hall–Kier alpha value is -1.48. The molecule has 0 aromatic carbocycles. The average Bonchev–Trinajstić information content (AvgIpc) is 2.14. The third-order valence-corrected chi connectivity index (χ3v) is 1.42. The molecule has 0 spiro atoms. The number of rotatable bonds is 6. The van der Waals surface area contributed by atoms with Crippen LogP contribution in [-0.4, -0.2) is 13.7 Å². The summed E-state index contributed by atoms with van der Waals surface area (Å²) in [4.78, 5) is 0. The van der Waals surface area contributed by atoms with Crippen LogP contribution in [0.5, 0.6) is 0 Å². The molecule has 0 saturated heterocycles. The van der Waals surface area contributed by atoms with E-state index in [1.165, 1.54) is 0 Å². The standard InChI is InChI=1S/C10H17N3/c1-4-6-9(12-3)10(7-5-2)13-8-11/h4-7,12-13H,1-2,8,11H2,3H3/b9-6+,10-7+. The SMILES string of the molecule is C=C/C=C(NC)\C(=C/C=C)NCN. The predicted octanol–water partition coefficient (Wildman–Crippen LogP) is 0.851. The number of likely N-dealkylation sites (N-methyl/N-ethyl adjacent to an activating group) is 1. The topological polar surface area (TPSA) is 50.1 Å². The number of hydrogen-bond donors (Lipinski definition) is 3. The van der Waals surface area contributed by atoms with Gasteiger partial charge in [0.15, 0.2) is 0 Å². The fraction of sp³-hybridized carbons (Fsp3) is 0.200. The van der Waals surface area contributed by atoms with Crippen molar-refractivity contribution in [2.75, 3.05) is 13.7 Å². The molecular formula is C10H17N3. The van der Waals surface area contributed by atoms with E-state index in [-0.39, 0.29) is 0 Å². The monoisotopic (exact) mass is 179 g/mol. The van der Waals surface area contributed by atoms with Crippen LogP contribution in [-0.2, 0) is 0 Å².